The predicted molar refractivity (Wildman–Crippen MR) is 112 cm³/mol. The Balaban J connectivity index is 1.61. The van der Waals surface area contributed by atoms with E-state index in [2.05, 4.69) is 15.6 Å². The molecule has 150 valence electrons. The highest BCUT2D eigenvalue weighted by atomic mass is 16.5. The Bertz CT molecular complexity index is 954. The molecule has 0 saturated heterocycles. The lowest BCUT2D eigenvalue weighted by atomic mass is 10.1. The number of aryl methyl sites for hydroxylation is 1. The average molecular weight is 392 g/mol. The summed E-state index contributed by atoms with van der Waals surface area (Å²) in [6.45, 7) is 3.14. The lowest BCUT2D eigenvalue weighted by Crippen LogP contribution is -2.16. The van der Waals surface area contributed by atoms with Crippen LogP contribution in [0.25, 0.3) is 0 Å². The largest absolute Gasteiger partial charge is 0.491 e. The molecule has 2 amide bonds. The molecule has 7 heteroatoms. The Morgan fingerprint density at radius 1 is 1.10 bits per heavy atom. The fourth-order valence-corrected chi connectivity index (χ4v) is 2.71. The number of anilines is 2. The number of ether oxygens (including phenoxy) is 1. The summed E-state index contributed by atoms with van der Waals surface area (Å²) in [6.07, 6.45) is 6.34. The molecule has 1 aromatic heterocycles. The van der Waals surface area contributed by atoms with Crippen molar-refractivity contribution in [2.75, 3.05) is 17.2 Å². The predicted octanol–water partition coefficient (Wildman–Crippen LogP) is 3.95. The molecule has 7 nitrogen and oxygen atoms in total. The Hall–Kier alpha value is -3.61. The molecule has 0 unspecified atom stereocenters. The van der Waals surface area contributed by atoms with Gasteiger partial charge in [0.15, 0.2) is 0 Å². The second kappa shape index (κ2) is 10.1. The molecule has 2 aromatic carbocycles. The highest BCUT2D eigenvalue weighted by Gasteiger charge is 2.11. The van der Waals surface area contributed by atoms with Crippen molar-refractivity contribution in [3.8, 4) is 5.75 Å². The zero-order valence-corrected chi connectivity index (χ0v) is 16.3. The number of nitrogens with one attached hydrogen (secondary N) is 2. The molecule has 0 bridgehead atoms. The topological polar surface area (TPSA) is 85.3 Å². The van der Waals surface area contributed by atoms with Crippen LogP contribution in [0.4, 0.5) is 11.4 Å². The molecule has 3 aromatic rings. The summed E-state index contributed by atoms with van der Waals surface area (Å²) in [6, 6.07) is 14.2. The van der Waals surface area contributed by atoms with E-state index in [9.17, 15) is 9.59 Å². The first-order valence-electron chi connectivity index (χ1n) is 9.54. The molecule has 0 saturated carbocycles. The van der Waals surface area contributed by atoms with Gasteiger partial charge in [-0.2, -0.15) is 0 Å². The zero-order valence-electron chi connectivity index (χ0n) is 16.3. The number of imidazole rings is 1. The first-order chi connectivity index (χ1) is 14.2. The molecule has 0 aliphatic rings. The van der Waals surface area contributed by atoms with Crippen LogP contribution in [-0.4, -0.2) is 28.0 Å². The van der Waals surface area contributed by atoms with E-state index in [1.54, 1.807) is 49.1 Å². The minimum Gasteiger partial charge on any atom is -0.491 e. The summed E-state index contributed by atoms with van der Waals surface area (Å²) in [7, 11) is 0. The second-order valence-electron chi connectivity index (χ2n) is 6.48. The minimum absolute atomic E-state index is 0.130. The van der Waals surface area contributed by atoms with Crippen LogP contribution in [0, 0.1) is 0 Å². The van der Waals surface area contributed by atoms with Crippen LogP contribution in [0.3, 0.4) is 0 Å². The van der Waals surface area contributed by atoms with Gasteiger partial charge in [-0.05, 0) is 36.8 Å². The molecule has 0 radical (unpaired) electrons. The van der Waals surface area contributed by atoms with E-state index in [1.807, 2.05) is 29.7 Å². The van der Waals surface area contributed by atoms with Gasteiger partial charge in [0.25, 0.3) is 5.91 Å². The molecular weight excluding hydrogens is 368 g/mol. The lowest BCUT2D eigenvalue weighted by molar-refractivity contribution is -0.116. The highest BCUT2D eigenvalue weighted by Crippen LogP contribution is 2.25. The number of hydrogen-bond donors (Lipinski definition) is 2. The minimum atomic E-state index is -0.271. The molecular formula is C22H24N4O3. The van der Waals surface area contributed by atoms with Gasteiger partial charge in [-0.1, -0.05) is 25.1 Å². The standard InChI is InChI=1S/C22H24N4O3/c1-2-14-29-20-9-4-3-8-19(20)25-22(28)17-6-5-7-18(15-17)24-21(27)10-12-26-13-11-23-16-26/h3-9,11,13,15-16H,2,10,12,14H2,1H3,(H,24,27)(H,25,28). The van der Waals surface area contributed by atoms with E-state index in [0.717, 1.165) is 6.42 Å². The molecule has 1 heterocycles. The van der Waals surface area contributed by atoms with Crippen LogP contribution in [0.2, 0.25) is 0 Å². The van der Waals surface area contributed by atoms with Gasteiger partial charge in [-0.25, -0.2) is 4.98 Å². The molecule has 0 aliphatic carbocycles. The fourth-order valence-electron chi connectivity index (χ4n) is 2.71. The normalized spacial score (nSPS) is 10.4. The number of benzene rings is 2. The summed E-state index contributed by atoms with van der Waals surface area (Å²) >= 11 is 0. The Morgan fingerprint density at radius 2 is 1.97 bits per heavy atom. The van der Waals surface area contributed by atoms with Crippen LogP contribution >= 0.6 is 0 Å². The van der Waals surface area contributed by atoms with E-state index in [0.29, 0.717) is 42.3 Å². The summed E-state index contributed by atoms with van der Waals surface area (Å²) in [4.78, 5) is 28.8. The Morgan fingerprint density at radius 3 is 2.76 bits per heavy atom. The summed E-state index contributed by atoms with van der Waals surface area (Å²) < 4.78 is 7.51. The Kier molecular flexibility index (Phi) is 7.00. The van der Waals surface area contributed by atoms with Crippen molar-refractivity contribution < 1.29 is 14.3 Å². The van der Waals surface area contributed by atoms with Crippen LogP contribution < -0.4 is 15.4 Å². The van der Waals surface area contributed by atoms with Gasteiger partial charge in [-0.15, -0.1) is 0 Å². The van der Waals surface area contributed by atoms with E-state index in [-0.39, 0.29) is 11.8 Å². The van der Waals surface area contributed by atoms with Crippen LogP contribution in [0.15, 0.2) is 67.3 Å². The maximum atomic E-state index is 12.7. The van der Waals surface area contributed by atoms with Crippen molar-refractivity contribution in [1.29, 1.82) is 0 Å². The van der Waals surface area contributed by atoms with E-state index in [4.69, 9.17) is 4.74 Å². The van der Waals surface area contributed by atoms with Crippen LogP contribution in [0.1, 0.15) is 30.1 Å². The van der Waals surface area contributed by atoms with Gasteiger partial charge in [0.2, 0.25) is 5.91 Å². The van der Waals surface area contributed by atoms with Crippen molar-refractivity contribution >= 4 is 23.2 Å². The van der Waals surface area contributed by atoms with Gasteiger partial charge in [0.05, 0.1) is 18.6 Å². The fraction of sp³-hybridized carbons (Fsp3) is 0.227. The van der Waals surface area contributed by atoms with Crippen molar-refractivity contribution in [3.63, 3.8) is 0 Å². The quantitative estimate of drug-likeness (QED) is 0.577. The van der Waals surface area contributed by atoms with Gasteiger partial charge in [-0.3, -0.25) is 9.59 Å². The van der Waals surface area contributed by atoms with Crippen molar-refractivity contribution in [1.82, 2.24) is 9.55 Å². The number of rotatable bonds is 9. The maximum Gasteiger partial charge on any atom is 0.255 e. The zero-order chi connectivity index (χ0) is 20.5. The Labute approximate surface area is 169 Å². The van der Waals surface area contributed by atoms with Crippen molar-refractivity contribution in [2.45, 2.75) is 26.3 Å². The smallest absolute Gasteiger partial charge is 0.255 e. The second-order valence-corrected chi connectivity index (χ2v) is 6.48. The van der Waals surface area contributed by atoms with Crippen LogP contribution in [0.5, 0.6) is 5.75 Å². The van der Waals surface area contributed by atoms with Gasteiger partial charge >= 0.3 is 0 Å². The molecule has 0 atom stereocenters. The number of para-hydroxylation sites is 2. The van der Waals surface area contributed by atoms with E-state index < -0.39 is 0 Å². The molecule has 0 spiro atoms. The number of nitrogens with zero attached hydrogens (tertiary/aromatic N) is 2. The molecule has 2 N–H and O–H groups in total. The number of carbonyl (C=O) groups excluding carboxylic acids is 2. The number of aromatic nitrogens is 2. The van der Waals surface area contributed by atoms with Crippen molar-refractivity contribution in [2.24, 2.45) is 0 Å². The lowest BCUT2D eigenvalue weighted by Gasteiger charge is -2.12. The summed E-state index contributed by atoms with van der Waals surface area (Å²) in [5.74, 6) is 0.230. The third kappa shape index (κ3) is 5.93. The SMILES string of the molecule is CCCOc1ccccc1NC(=O)c1cccc(NC(=O)CCn2ccnc2)c1. The van der Waals surface area contributed by atoms with Crippen LogP contribution in [-0.2, 0) is 11.3 Å². The number of hydrogen-bond acceptors (Lipinski definition) is 4. The maximum absolute atomic E-state index is 12.7. The molecule has 29 heavy (non-hydrogen) atoms. The monoisotopic (exact) mass is 392 g/mol. The molecule has 0 fully saturated rings. The number of amides is 2. The first-order valence-corrected chi connectivity index (χ1v) is 9.54. The van der Waals surface area contributed by atoms with E-state index in [1.165, 1.54) is 0 Å². The van der Waals surface area contributed by atoms with Crippen molar-refractivity contribution in [3.05, 3.63) is 72.8 Å². The summed E-state index contributed by atoms with van der Waals surface area (Å²) in [5.41, 5.74) is 1.63. The molecule has 0 aliphatic heterocycles. The third-order valence-corrected chi connectivity index (χ3v) is 4.16. The number of carbonyl (C=O) groups is 2. The van der Waals surface area contributed by atoms with Gasteiger partial charge in [0, 0.05) is 36.6 Å². The molecule has 3 rings (SSSR count). The summed E-state index contributed by atoms with van der Waals surface area (Å²) in [5, 5.41) is 5.70. The average Bonchev–Trinajstić information content (AvgIpc) is 3.25. The first kappa shape index (κ1) is 20.1. The highest BCUT2D eigenvalue weighted by molar-refractivity contribution is 6.06. The third-order valence-electron chi connectivity index (χ3n) is 4.16. The van der Waals surface area contributed by atoms with E-state index >= 15 is 0 Å². The van der Waals surface area contributed by atoms with Gasteiger partial charge < -0.3 is 19.9 Å². The van der Waals surface area contributed by atoms with Gasteiger partial charge in [0.1, 0.15) is 5.75 Å².